The second-order valence-corrected chi connectivity index (χ2v) is 27.5. The van der Waals surface area contributed by atoms with Gasteiger partial charge in [-0.3, -0.25) is 0 Å². The maximum atomic E-state index is 10.2. The average molecular weight is 1120 g/mol. The summed E-state index contributed by atoms with van der Waals surface area (Å²) in [5, 5.41) is 10.2. The number of benzene rings is 8. The van der Waals surface area contributed by atoms with Crippen molar-refractivity contribution in [1.82, 2.24) is 0 Å². The number of allylic oxidation sites excluding steroid dienone is 10. The van der Waals surface area contributed by atoms with Crippen molar-refractivity contribution in [3.05, 3.63) is 303 Å². The van der Waals surface area contributed by atoms with E-state index in [4.69, 9.17) is 6.57 Å². The normalized spacial score (nSPS) is 16.3. The van der Waals surface area contributed by atoms with Gasteiger partial charge in [-0.05, 0) is 172 Å². The van der Waals surface area contributed by atoms with Crippen LogP contribution in [0.1, 0.15) is 111 Å². The van der Waals surface area contributed by atoms with Crippen LogP contribution in [0.3, 0.4) is 0 Å². The highest BCUT2D eigenvalue weighted by molar-refractivity contribution is 5.93. The van der Waals surface area contributed by atoms with Crippen LogP contribution in [0.5, 0.6) is 0 Å². The van der Waals surface area contributed by atoms with Gasteiger partial charge in [-0.2, -0.15) is 5.26 Å². The van der Waals surface area contributed by atoms with Gasteiger partial charge in [0.1, 0.15) is 0 Å². The quantitative estimate of drug-likeness (QED) is 0.128. The predicted molar refractivity (Wildman–Crippen MR) is 362 cm³/mol. The molecule has 4 nitrogen and oxygen atoms in total. The Hall–Kier alpha value is -9.48. The van der Waals surface area contributed by atoms with Crippen molar-refractivity contribution >= 4 is 28.4 Å². The van der Waals surface area contributed by atoms with Crippen LogP contribution in [0.15, 0.2) is 264 Å². The van der Waals surface area contributed by atoms with Gasteiger partial charge in [0.25, 0.3) is 0 Å². The number of hydrogen-bond donors (Lipinski definition) is 0. The highest BCUT2D eigenvalue weighted by atomic mass is 15.2. The molecule has 0 heterocycles. The highest BCUT2D eigenvalue weighted by Gasteiger charge is 2.41. The van der Waals surface area contributed by atoms with Crippen molar-refractivity contribution in [3.63, 3.8) is 0 Å². The maximum absolute atomic E-state index is 10.2. The molecule has 12 rings (SSSR count). The van der Waals surface area contributed by atoms with E-state index in [1.165, 1.54) is 83.5 Å². The number of nitriles is 1. The molecule has 4 heteroatoms. The average Bonchev–Trinajstić information content (AvgIpc) is 0.775. The van der Waals surface area contributed by atoms with Crippen molar-refractivity contribution in [2.75, 3.05) is 9.80 Å². The Morgan fingerprint density at radius 3 is 1.44 bits per heavy atom. The van der Waals surface area contributed by atoms with Gasteiger partial charge in [0.05, 0.1) is 35.6 Å². The molecule has 0 fully saturated rings. The van der Waals surface area contributed by atoms with Crippen LogP contribution in [0.4, 0.5) is 28.4 Å². The SMILES string of the molecule is [C-]#[N+]c1ccc(N(C2=C3C=CC4=C5C(=CC=C(C=C2)C35)C(N(c2ccc(C#N)cc2)c2ccc(-c3ccccc3C(C)(C)C)cc2-c2ccccc2C(C)(C)C)C=C4)c2ccc(-c3ccccc3C(C)(C)C)cc2-c2ccccc2C(C)(C)C)cc1. The molecule has 4 aliphatic rings. The summed E-state index contributed by atoms with van der Waals surface area (Å²) in [6, 6.07) is 68.2. The second kappa shape index (κ2) is 21.9. The Morgan fingerprint density at radius 2 is 0.930 bits per heavy atom. The summed E-state index contributed by atoms with van der Waals surface area (Å²) in [5.74, 6) is -0.0871. The molecule has 4 aliphatic carbocycles. The Balaban J connectivity index is 1.06. The smallest absolute Gasteiger partial charge is 0.187 e. The first-order chi connectivity index (χ1) is 41.1. The first kappa shape index (κ1) is 57.0. The van der Waals surface area contributed by atoms with Gasteiger partial charge in [-0.25, -0.2) is 4.85 Å². The van der Waals surface area contributed by atoms with Crippen LogP contribution in [0, 0.1) is 23.8 Å². The Labute approximate surface area is 511 Å². The fraction of sp³-hybridized carbons (Fsp3) is 0.220. The van der Waals surface area contributed by atoms with Crippen LogP contribution in [0.2, 0.25) is 0 Å². The summed E-state index contributed by atoms with van der Waals surface area (Å²) < 4.78 is 0. The lowest BCUT2D eigenvalue weighted by Gasteiger charge is -2.44. The number of nitrogens with zero attached hydrogens (tertiary/aromatic N) is 4. The molecule has 424 valence electrons. The molecule has 0 aliphatic heterocycles. The van der Waals surface area contributed by atoms with Gasteiger partial charge in [0.15, 0.2) is 5.69 Å². The number of rotatable bonds is 10. The first-order valence-corrected chi connectivity index (χ1v) is 30.3. The van der Waals surface area contributed by atoms with E-state index in [-0.39, 0.29) is 33.6 Å². The van der Waals surface area contributed by atoms with Crippen LogP contribution >= 0.6 is 0 Å². The monoisotopic (exact) mass is 1120 g/mol. The minimum atomic E-state index is -0.240. The van der Waals surface area contributed by atoms with E-state index in [0.717, 1.165) is 39.6 Å². The maximum Gasteiger partial charge on any atom is 0.187 e. The molecular formula is C82H76N4. The molecule has 0 radical (unpaired) electrons. The molecular weight excluding hydrogens is 1040 g/mol. The minimum Gasteiger partial charge on any atom is -0.330 e. The van der Waals surface area contributed by atoms with Crippen LogP contribution in [-0.4, -0.2) is 6.04 Å². The van der Waals surface area contributed by atoms with Gasteiger partial charge in [0.2, 0.25) is 0 Å². The lowest BCUT2D eigenvalue weighted by atomic mass is 9.67. The third-order valence-electron chi connectivity index (χ3n) is 17.6. The Morgan fingerprint density at radius 1 is 0.453 bits per heavy atom. The number of anilines is 4. The van der Waals surface area contributed by atoms with Gasteiger partial charge in [0, 0.05) is 34.1 Å². The molecule has 2 unspecified atom stereocenters. The summed E-state index contributed by atoms with van der Waals surface area (Å²) in [6.45, 7) is 35.6. The van der Waals surface area contributed by atoms with Gasteiger partial charge < -0.3 is 9.80 Å². The summed E-state index contributed by atoms with van der Waals surface area (Å²) in [4.78, 5) is 8.83. The first-order valence-electron chi connectivity index (χ1n) is 30.3. The second-order valence-electron chi connectivity index (χ2n) is 27.5. The van der Waals surface area contributed by atoms with E-state index in [9.17, 15) is 5.26 Å². The largest absolute Gasteiger partial charge is 0.330 e. The van der Waals surface area contributed by atoms with Gasteiger partial charge in [-0.1, -0.05) is 247 Å². The molecule has 8 aromatic rings. The summed E-state index contributed by atoms with van der Waals surface area (Å²) >= 11 is 0. The molecule has 0 amide bonds. The summed E-state index contributed by atoms with van der Waals surface area (Å²) in [7, 11) is 0. The summed E-state index contributed by atoms with van der Waals surface area (Å²) in [6.07, 6.45) is 18.8. The zero-order valence-electron chi connectivity index (χ0n) is 51.9. The molecule has 0 bridgehead atoms. The fourth-order valence-electron chi connectivity index (χ4n) is 13.5. The lowest BCUT2D eigenvalue weighted by Crippen LogP contribution is -2.37. The van der Waals surface area contributed by atoms with Crippen molar-refractivity contribution in [2.24, 2.45) is 5.92 Å². The van der Waals surface area contributed by atoms with Gasteiger partial charge >= 0.3 is 0 Å². The lowest BCUT2D eigenvalue weighted by molar-refractivity contribution is 0.591. The zero-order valence-corrected chi connectivity index (χ0v) is 51.9. The van der Waals surface area contributed by atoms with E-state index in [0.29, 0.717) is 11.3 Å². The highest BCUT2D eigenvalue weighted by Crippen LogP contribution is 2.54. The third kappa shape index (κ3) is 10.4. The Kier molecular flexibility index (Phi) is 14.5. The molecule has 0 N–H and O–H groups in total. The van der Waals surface area contributed by atoms with Crippen molar-refractivity contribution in [2.45, 2.75) is 111 Å². The van der Waals surface area contributed by atoms with E-state index in [2.05, 4.69) is 310 Å². The van der Waals surface area contributed by atoms with E-state index < -0.39 is 0 Å². The molecule has 0 saturated heterocycles. The fourth-order valence-corrected chi connectivity index (χ4v) is 13.5. The van der Waals surface area contributed by atoms with E-state index in [1.807, 2.05) is 24.3 Å². The van der Waals surface area contributed by atoms with E-state index >= 15 is 0 Å². The van der Waals surface area contributed by atoms with E-state index in [1.54, 1.807) is 0 Å². The molecule has 2 atom stereocenters. The van der Waals surface area contributed by atoms with Crippen molar-refractivity contribution in [3.8, 4) is 50.6 Å². The van der Waals surface area contributed by atoms with Gasteiger partial charge in [-0.15, -0.1) is 0 Å². The van der Waals surface area contributed by atoms with Crippen LogP contribution < -0.4 is 9.80 Å². The molecule has 86 heavy (non-hydrogen) atoms. The minimum absolute atomic E-state index is 0.0785. The standard InChI is InChI=1S/C82H76N4/c1-79(2,3)69-26-18-14-22-61(69)56-36-48-75(67(50-56)63-24-16-20-28-71(63)81(7,8)9)85(59-40-30-53(52-83)31-41-59)73-46-34-54-33-45-66-74(47-35-55-32-44-65(73)77(54)78(55)66)86(60-42-38-58(84-13)39-43-60)76-49-37-57(62-23-15-19-27-70(62)80(4,5)6)51-68(76)64-25-17-21-29-72(64)82(10,11)12/h14-51,73,78H,1-12H3. The molecule has 8 aromatic carbocycles. The van der Waals surface area contributed by atoms with Crippen LogP contribution in [0.25, 0.3) is 49.4 Å². The molecule has 0 saturated carbocycles. The predicted octanol–water partition coefficient (Wildman–Crippen LogP) is 22.1. The van der Waals surface area contributed by atoms with Crippen molar-refractivity contribution in [1.29, 1.82) is 5.26 Å². The van der Waals surface area contributed by atoms with Crippen molar-refractivity contribution < 1.29 is 0 Å². The molecule has 0 aromatic heterocycles. The van der Waals surface area contributed by atoms with Crippen LogP contribution in [-0.2, 0) is 21.7 Å². The topological polar surface area (TPSA) is 34.6 Å². The third-order valence-corrected chi connectivity index (χ3v) is 17.6. The Bertz CT molecular complexity index is 4330. The summed E-state index contributed by atoms with van der Waals surface area (Å²) in [5.41, 5.74) is 26.6. The zero-order chi connectivity index (χ0) is 60.5. The molecule has 0 spiro atoms. The number of hydrogen-bond acceptors (Lipinski definition) is 3.